The van der Waals surface area contributed by atoms with Crippen LogP contribution in [0.2, 0.25) is 0 Å². The molecule has 0 aliphatic carbocycles. The largest absolute Gasteiger partial charge is 0.381 e. The molecule has 0 radical (unpaired) electrons. The van der Waals surface area contributed by atoms with Crippen molar-refractivity contribution in [1.82, 2.24) is 9.78 Å². The van der Waals surface area contributed by atoms with Crippen LogP contribution in [0.4, 0.5) is 5.69 Å². The SMILES string of the molecule is CC(C)Nc1cnn(CCSc2ccccc2)c(=O)c1. The van der Waals surface area contributed by atoms with E-state index in [1.807, 2.05) is 32.0 Å². The number of hydrogen-bond acceptors (Lipinski definition) is 4. The molecule has 0 saturated carbocycles. The molecule has 20 heavy (non-hydrogen) atoms. The van der Waals surface area contributed by atoms with Crippen molar-refractivity contribution in [2.75, 3.05) is 11.1 Å². The normalized spacial score (nSPS) is 10.8. The lowest BCUT2D eigenvalue weighted by Gasteiger charge is -2.10. The molecule has 0 spiro atoms. The predicted molar refractivity (Wildman–Crippen MR) is 84.4 cm³/mol. The van der Waals surface area contributed by atoms with Gasteiger partial charge in [-0.05, 0) is 26.0 Å². The first-order valence-electron chi connectivity index (χ1n) is 6.67. The molecule has 0 bridgehead atoms. The quantitative estimate of drug-likeness (QED) is 0.831. The van der Waals surface area contributed by atoms with Crippen LogP contribution in [-0.4, -0.2) is 21.6 Å². The van der Waals surface area contributed by atoms with Crippen molar-refractivity contribution < 1.29 is 0 Å². The molecular formula is C15H19N3OS. The van der Waals surface area contributed by atoms with Gasteiger partial charge in [0.1, 0.15) is 0 Å². The van der Waals surface area contributed by atoms with Crippen LogP contribution in [0.1, 0.15) is 13.8 Å². The van der Waals surface area contributed by atoms with E-state index in [0.29, 0.717) is 12.6 Å². The molecule has 1 aromatic carbocycles. The Morgan fingerprint density at radius 1 is 1.30 bits per heavy atom. The molecule has 0 fully saturated rings. The first-order chi connectivity index (χ1) is 9.65. The lowest BCUT2D eigenvalue weighted by Crippen LogP contribution is -2.24. The number of benzene rings is 1. The summed E-state index contributed by atoms with van der Waals surface area (Å²) < 4.78 is 1.50. The summed E-state index contributed by atoms with van der Waals surface area (Å²) in [4.78, 5) is 13.1. The van der Waals surface area contributed by atoms with E-state index in [0.717, 1.165) is 11.4 Å². The van der Waals surface area contributed by atoms with E-state index in [9.17, 15) is 4.79 Å². The van der Waals surface area contributed by atoms with Crippen molar-refractivity contribution in [3.05, 3.63) is 52.9 Å². The summed E-state index contributed by atoms with van der Waals surface area (Å²) in [6, 6.07) is 12.0. The van der Waals surface area contributed by atoms with E-state index < -0.39 is 0 Å². The number of aryl methyl sites for hydroxylation is 1. The molecule has 0 unspecified atom stereocenters. The number of nitrogens with one attached hydrogen (secondary N) is 1. The van der Waals surface area contributed by atoms with Crippen LogP contribution in [0, 0.1) is 0 Å². The average Bonchev–Trinajstić information content (AvgIpc) is 2.42. The zero-order valence-electron chi connectivity index (χ0n) is 11.7. The summed E-state index contributed by atoms with van der Waals surface area (Å²) in [6.07, 6.45) is 1.70. The first kappa shape index (κ1) is 14.7. The maximum atomic E-state index is 11.9. The van der Waals surface area contributed by atoms with Crippen molar-refractivity contribution in [2.24, 2.45) is 0 Å². The molecule has 1 N–H and O–H groups in total. The van der Waals surface area contributed by atoms with Crippen LogP contribution >= 0.6 is 11.8 Å². The standard InChI is InChI=1S/C15H19N3OS/c1-12(2)17-13-10-15(19)18(16-11-13)8-9-20-14-6-4-3-5-7-14/h3-7,10-12,17H,8-9H2,1-2H3. The van der Waals surface area contributed by atoms with Crippen LogP contribution < -0.4 is 10.9 Å². The fraction of sp³-hybridized carbons (Fsp3) is 0.333. The summed E-state index contributed by atoms with van der Waals surface area (Å²) >= 11 is 1.72. The van der Waals surface area contributed by atoms with E-state index in [4.69, 9.17) is 0 Å². The fourth-order valence-corrected chi connectivity index (χ4v) is 2.63. The predicted octanol–water partition coefficient (Wildman–Crippen LogP) is 2.86. The summed E-state index contributed by atoms with van der Waals surface area (Å²) in [5, 5.41) is 7.36. The second-order valence-corrected chi connectivity index (χ2v) is 5.93. The van der Waals surface area contributed by atoms with E-state index in [1.54, 1.807) is 24.0 Å². The third-order valence-corrected chi connectivity index (χ3v) is 3.63. The van der Waals surface area contributed by atoms with Gasteiger partial charge in [0.2, 0.25) is 0 Å². The van der Waals surface area contributed by atoms with Crippen molar-refractivity contribution >= 4 is 17.4 Å². The minimum atomic E-state index is -0.0655. The van der Waals surface area contributed by atoms with Gasteiger partial charge in [-0.25, -0.2) is 4.68 Å². The third-order valence-electron chi connectivity index (χ3n) is 2.64. The molecule has 1 aromatic heterocycles. The van der Waals surface area contributed by atoms with Gasteiger partial charge in [-0.3, -0.25) is 4.79 Å². The summed E-state index contributed by atoms with van der Waals surface area (Å²) in [7, 11) is 0. The molecule has 4 nitrogen and oxygen atoms in total. The minimum absolute atomic E-state index is 0.0655. The highest BCUT2D eigenvalue weighted by atomic mass is 32.2. The number of rotatable bonds is 6. The van der Waals surface area contributed by atoms with Gasteiger partial charge in [-0.1, -0.05) is 18.2 Å². The highest BCUT2D eigenvalue weighted by Crippen LogP contribution is 2.16. The van der Waals surface area contributed by atoms with Crippen LogP contribution in [0.5, 0.6) is 0 Å². The Morgan fingerprint density at radius 3 is 2.70 bits per heavy atom. The van der Waals surface area contributed by atoms with Gasteiger partial charge in [-0.2, -0.15) is 5.10 Å². The topological polar surface area (TPSA) is 46.9 Å². The van der Waals surface area contributed by atoms with Crippen LogP contribution in [-0.2, 0) is 6.54 Å². The number of anilines is 1. The highest BCUT2D eigenvalue weighted by molar-refractivity contribution is 7.99. The van der Waals surface area contributed by atoms with Crippen LogP contribution in [0.15, 0.2) is 52.3 Å². The van der Waals surface area contributed by atoms with Gasteiger partial charge in [0, 0.05) is 22.8 Å². The van der Waals surface area contributed by atoms with E-state index in [2.05, 4.69) is 22.5 Å². The average molecular weight is 289 g/mol. The zero-order chi connectivity index (χ0) is 14.4. The molecule has 2 aromatic rings. The van der Waals surface area contributed by atoms with Gasteiger partial charge in [-0.15, -0.1) is 11.8 Å². The Labute approximate surface area is 123 Å². The zero-order valence-corrected chi connectivity index (χ0v) is 12.6. The Balaban J connectivity index is 1.92. The third kappa shape index (κ3) is 4.42. The molecule has 106 valence electrons. The van der Waals surface area contributed by atoms with Gasteiger partial charge in [0.25, 0.3) is 5.56 Å². The maximum Gasteiger partial charge on any atom is 0.268 e. The summed E-state index contributed by atoms with van der Waals surface area (Å²) in [6.45, 7) is 4.67. The smallest absolute Gasteiger partial charge is 0.268 e. The van der Waals surface area contributed by atoms with E-state index in [1.165, 1.54) is 9.58 Å². The van der Waals surface area contributed by atoms with Crippen molar-refractivity contribution in [2.45, 2.75) is 31.3 Å². The van der Waals surface area contributed by atoms with Gasteiger partial charge in [0.05, 0.1) is 18.4 Å². The number of hydrogen-bond donors (Lipinski definition) is 1. The molecule has 0 aliphatic heterocycles. The molecule has 0 atom stereocenters. The monoisotopic (exact) mass is 289 g/mol. The Morgan fingerprint density at radius 2 is 2.05 bits per heavy atom. The Kier molecular flexibility index (Phi) is 5.24. The second kappa shape index (κ2) is 7.14. The number of aromatic nitrogens is 2. The maximum absolute atomic E-state index is 11.9. The molecular weight excluding hydrogens is 270 g/mol. The van der Waals surface area contributed by atoms with Gasteiger partial charge in [0.15, 0.2) is 0 Å². The molecule has 1 heterocycles. The molecule has 0 aliphatic rings. The van der Waals surface area contributed by atoms with Crippen molar-refractivity contribution in [1.29, 1.82) is 0 Å². The van der Waals surface area contributed by atoms with Gasteiger partial charge >= 0.3 is 0 Å². The second-order valence-electron chi connectivity index (χ2n) is 4.77. The van der Waals surface area contributed by atoms with Crippen molar-refractivity contribution in [3.63, 3.8) is 0 Å². The fourth-order valence-electron chi connectivity index (χ4n) is 1.78. The Bertz CT molecular complexity index is 596. The lowest BCUT2D eigenvalue weighted by atomic mass is 10.3. The lowest BCUT2D eigenvalue weighted by molar-refractivity contribution is 0.621. The molecule has 2 rings (SSSR count). The minimum Gasteiger partial charge on any atom is -0.381 e. The highest BCUT2D eigenvalue weighted by Gasteiger charge is 2.02. The summed E-state index contributed by atoms with van der Waals surface area (Å²) in [5.74, 6) is 0.827. The first-order valence-corrected chi connectivity index (χ1v) is 7.65. The van der Waals surface area contributed by atoms with Crippen molar-refractivity contribution in [3.8, 4) is 0 Å². The van der Waals surface area contributed by atoms with Crippen LogP contribution in [0.3, 0.4) is 0 Å². The molecule has 5 heteroatoms. The summed E-state index contributed by atoms with van der Waals surface area (Å²) in [5.41, 5.74) is 0.710. The Hall–Kier alpha value is -1.75. The van der Waals surface area contributed by atoms with Crippen LogP contribution in [0.25, 0.3) is 0 Å². The molecule has 0 saturated heterocycles. The molecule has 0 amide bonds. The number of thioether (sulfide) groups is 1. The van der Waals surface area contributed by atoms with E-state index in [-0.39, 0.29) is 5.56 Å². The van der Waals surface area contributed by atoms with Gasteiger partial charge < -0.3 is 5.32 Å². The van der Waals surface area contributed by atoms with E-state index >= 15 is 0 Å². The number of nitrogens with zero attached hydrogens (tertiary/aromatic N) is 2.